The molecule has 0 bridgehead atoms. The number of benzene rings is 1. The summed E-state index contributed by atoms with van der Waals surface area (Å²) in [6.07, 6.45) is 0.419. The topological polar surface area (TPSA) is 46.5 Å². The molecule has 1 aromatic carbocycles. The average molecular weight is 206 g/mol. The molecule has 1 aliphatic carbocycles. The summed E-state index contributed by atoms with van der Waals surface area (Å²) in [5, 5.41) is 9.27. The van der Waals surface area contributed by atoms with E-state index in [1.807, 2.05) is 37.3 Å². The van der Waals surface area contributed by atoms with Gasteiger partial charge in [0, 0.05) is 6.61 Å². The van der Waals surface area contributed by atoms with E-state index in [4.69, 9.17) is 4.74 Å². The van der Waals surface area contributed by atoms with E-state index in [-0.39, 0.29) is 6.10 Å². The van der Waals surface area contributed by atoms with Crippen molar-refractivity contribution in [3.05, 3.63) is 35.9 Å². The summed E-state index contributed by atoms with van der Waals surface area (Å²) in [5.41, 5.74) is 0.0491. The van der Waals surface area contributed by atoms with E-state index in [0.29, 0.717) is 13.0 Å². The molecule has 2 rings (SSSR count). The number of rotatable bonds is 4. The van der Waals surface area contributed by atoms with Crippen molar-refractivity contribution in [1.82, 2.24) is 0 Å². The molecule has 80 valence electrons. The molecular weight excluding hydrogens is 192 g/mol. The van der Waals surface area contributed by atoms with Crippen LogP contribution in [0.3, 0.4) is 0 Å². The van der Waals surface area contributed by atoms with Gasteiger partial charge in [0.1, 0.15) is 5.41 Å². The highest BCUT2D eigenvalue weighted by atomic mass is 16.5. The van der Waals surface area contributed by atoms with Crippen LogP contribution in [0, 0.1) is 0 Å². The molecule has 0 saturated heterocycles. The van der Waals surface area contributed by atoms with Crippen molar-refractivity contribution in [3.8, 4) is 0 Å². The van der Waals surface area contributed by atoms with E-state index in [2.05, 4.69) is 0 Å². The zero-order chi connectivity index (χ0) is 10.9. The van der Waals surface area contributed by atoms with Gasteiger partial charge >= 0.3 is 5.97 Å². The van der Waals surface area contributed by atoms with Crippen LogP contribution in [0.2, 0.25) is 0 Å². The minimum Gasteiger partial charge on any atom is -0.481 e. The molecule has 1 N–H and O–H groups in total. The zero-order valence-electron chi connectivity index (χ0n) is 8.64. The van der Waals surface area contributed by atoms with Gasteiger partial charge in [-0.1, -0.05) is 30.3 Å². The Morgan fingerprint density at radius 3 is 2.73 bits per heavy atom. The lowest BCUT2D eigenvalue weighted by Gasteiger charge is -2.12. The lowest BCUT2D eigenvalue weighted by atomic mass is 9.96. The highest BCUT2D eigenvalue weighted by Crippen LogP contribution is 2.50. The predicted molar refractivity (Wildman–Crippen MR) is 55.8 cm³/mol. The van der Waals surface area contributed by atoms with Crippen molar-refractivity contribution >= 4 is 5.97 Å². The second-order valence-electron chi connectivity index (χ2n) is 3.79. The summed E-state index contributed by atoms with van der Waals surface area (Å²) in [7, 11) is 0. The van der Waals surface area contributed by atoms with E-state index < -0.39 is 11.4 Å². The van der Waals surface area contributed by atoms with Gasteiger partial charge in [-0.15, -0.1) is 0 Å². The van der Waals surface area contributed by atoms with Crippen LogP contribution in [-0.2, 0) is 14.9 Å². The number of carbonyl (C=O) groups is 1. The van der Waals surface area contributed by atoms with Gasteiger partial charge in [-0.3, -0.25) is 4.79 Å². The Bertz CT molecular complexity index is 360. The van der Waals surface area contributed by atoms with Gasteiger partial charge in [0.05, 0.1) is 6.10 Å². The van der Waals surface area contributed by atoms with Crippen molar-refractivity contribution < 1.29 is 14.6 Å². The van der Waals surface area contributed by atoms with E-state index in [9.17, 15) is 9.90 Å². The minimum atomic E-state index is -0.794. The Hall–Kier alpha value is -1.35. The molecule has 0 amide bonds. The van der Waals surface area contributed by atoms with Crippen LogP contribution in [-0.4, -0.2) is 23.8 Å². The normalized spacial score (nSPS) is 28.7. The maximum atomic E-state index is 11.3. The van der Waals surface area contributed by atoms with Gasteiger partial charge in [0.25, 0.3) is 0 Å². The van der Waals surface area contributed by atoms with Gasteiger partial charge in [-0.05, 0) is 18.9 Å². The monoisotopic (exact) mass is 206 g/mol. The lowest BCUT2D eigenvalue weighted by molar-refractivity contribution is -0.141. The highest BCUT2D eigenvalue weighted by Gasteiger charge is 2.62. The summed E-state index contributed by atoms with van der Waals surface area (Å²) >= 11 is 0. The van der Waals surface area contributed by atoms with Crippen LogP contribution in [0.4, 0.5) is 0 Å². The SMILES string of the molecule is CCOC1CC1(C(=O)O)c1ccccc1. The standard InChI is InChI=1S/C12H14O3/c1-2-15-10-8-12(10,11(13)14)9-6-4-3-5-7-9/h3-7,10H,2,8H2,1H3,(H,13,14). The van der Waals surface area contributed by atoms with Gasteiger partial charge < -0.3 is 9.84 Å². The van der Waals surface area contributed by atoms with Crippen molar-refractivity contribution in [1.29, 1.82) is 0 Å². The van der Waals surface area contributed by atoms with E-state index >= 15 is 0 Å². The molecule has 2 unspecified atom stereocenters. The minimum absolute atomic E-state index is 0.164. The van der Waals surface area contributed by atoms with Crippen LogP contribution in [0.15, 0.2) is 30.3 Å². The van der Waals surface area contributed by atoms with Gasteiger partial charge in [-0.2, -0.15) is 0 Å². The fourth-order valence-electron chi connectivity index (χ4n) is 2.02. The third-order valence-electron chi connectivity index (χ3n) is 2.94. The maximum Gasteiger partial charge on any atom is 0.316 e. The number of aliphatic carboxylic acids is 1. The maximum absolute atomic E-state index is 11.3. The first-order valence-electron chi connectivity index (χ1n) is 5.12. The third-order valence-corrected chi connectivity index (χ3v) is 2.94. The first-order valence-corrected chi connectivity index (χ1v) is 5.12. The second kappa shape index (κ2) is 3.66. The summed E-state index contributed by atoms with van der Waals surface area (Å²) in [5.74, 6) is -0.785. The van der Waals surface area contributed by atoms with Gasteiger partial charge in [0.2, 0.25) is 0 Å². The van der Waals surface area contributed by atoms with Crippen LogP contribution < -0.4 is 0 Å². The molecule has 1 aromatic rings. The van der Waals surface area contributed by atoms with Crippen LogP contribution in [0.5, 0.6) is 0 Å². The molecule has 3 heteroatoms. The molecule has 1 aliphatic rings. The highest BCUT2D eigenvalue weighted by molar-refractivity contribution is 5.86. The van der Waals surface area contributed by atoms with Crippen LogP contribution in [0.25, 0.3) is 0 Å². The molecule has 15 heavy (non-hydrogen) atoms. The molecule has 1 saturated carbocycles. The van der Waals surface area contributed by atoms with E-state index in [0.717, 1.165) is 5.56 Å². The van der Waals surface area contributed by atoms with Crippen molar-refractivity contribution in [3.63, 3.8) is 0 Å². The largest absolute Gasteiger partial charge is 0.481 e. The van der Waals surface area contributed by atoms with E-state index in [1.54, 1.807) is 0 Å². The second-order valence-corrected chi connectivity index (χ2v) is 3.79. The molecule has 0 radical (unpaired) electrons. The first-order chi connectivity index (χ1) is 7.21. The Morgan fingerprint density at radius 2 is 2.20 bits per heavy atom. The van der Waals surface area contributed by atoms with Crippen molar-refractivity contribution in [2.24, 2.45) is 0 Å². The fourth-order valence-corrected chi connectivity index (χ4v) is 2.02. The number of carboxylic acid groups (broad SMARTS) is 1. The lowest BCUT2D eigenvalue weighted by Crippen LogP contribution is -2.25. The summed E-state index contributed by atoms with van der Waals surface area (Å²) < 4.78 is 5.40. The van der Waals surface area contributed by atoms with E-state index in [1.165, 1.54) is 0 Å². The molecule has 2 atom stereocenters. The average Bonchev–Trinajstić information content (AvgIpc) is 2.96. The molecule has 1 fully saturated rings. The zero-order valence-corrected chi connectivity index (χ0v) is 8.64. The summed E-state index contributed by atoms with van der Waals surface area (Å²) in [6.45, 7) is 2.45. The fraction of sp³-hybridized carbons (Fsp3) is 0.417. The summed E-state index contributed by atoms with van der Waals surface area (Å²) in [4.78, 5) is 11.3. The molecule has 0 aliphatic heterocycles. The molecule has 0 aromatic heterocycles. The number of carboxylic acids is 1. The van der Waals surface area contributed by atoms with Crippen LogP contribution in [0.1, 0.15) is 18.9 Å². The van der Waals surface area contributed by atoms with Crippen molar-refractivity contribution in [2.45, 2.75) is 24.9 Å². The molecule has 0 spiro atoms. The summed E-state index contributed by atoms with van der Waals surface area (Å²) in [6, 6.07) is 9.32. The predicted octanol–water partition coefficient (Wildman–Crippen LogP) is 1.82. The quantitative estimate of drug-likeness (QED) is 0.817. The van der Waals surface area contributed by atoms with Crippen LogP contribution >= 0.6 is 0 Å². The third kappa shape index (κ3) is 1.53. The number of hydrogen-bond donors (Lipinski definition) is 1. The first kappa shape index (κ1) is 10.2. The Labute approximate surface area is 88.7 Å². The number of hydrogen-bond acceptors (Lipinski definition) is 2. The Kier molecular flexibility index (Phi) is 2.49. The molecule has 0 heterocycles. The Balaban J connectivity index is 2.28. The molecule has 3 nitrogen and oxygen atoms in total. The van der Waals surface area contributed by atoms with Crippen molar-refractivity contribution in [2.75, 3.05) is 6.61 Å². The smallest absolute Gasteiger partial charge is 0.316 e. The van der Waals surface area contributed by atoms with Gasteiger partial charge in [-0.25, -0.2) is 0 Å². The molecular formula is C12H14O3. The van der Waals surface area contributed by atoms with Gasteiger partial charge in [0.15, 0.2) is 0 Å². The Morgan fingerprint density at radius 1 is 1.53 bits per heavy atom. The number of ether oxygens (including phenoxy) is 1.